The molecule has 1 heterocycles. The molecule has 0 aliphatic heterocycles. The first kappa shape index (κ1) is 21.5. The number of carbonyl (C=O) groups excluding carboxylic acids is 3. The molecule has 0 bridgehead atoms. The molecule has 1 unspecified atom stereocenters. The number of esters is 1. The smallest absolute Gasteiger partial charge is 0.348 e. The van der Waals surface area contributed by atoms with Crippen molar-refractivity contribution in [3.8, 4) is 0 Å². The number of benzene rings is 2. The van der Waals surface area contributed by atoms with Crippen molar-refractivity contribution in [1.82, 2.24) is 5.32 Å². The molecule has 2 N–H and O–H groups in total. The average Bonchev–Trinajstić information content (AvgIpc) is 3.11. The van der Waals surface area contributed by atoms with Crippen molar-refractivity contribution < 1.29 is 19.1 Å². The number of nitrogens with one attached hydrogen (secondary N) is 2. The number of hydrogen-bond donors (Lipinski definition) is 2. The molecule has 2 aromatic carbocycles. The molecular weight excluding hydrogens is 400 g/mol. The molecule has 0 radical (unpaired) electrons. The molecule has 0 saturated heterocycles. The fourth-order valence-electron chi connectivity index (χ4n) is 3.12. The third-order valence-electron chi connectivity index (χ3n) is 4.52. The van der Waals surface area contributed by atoms with Crippen LogP contribution in [0.2, 0.25) is 0 Å². The lowest BCUT2D eigenvalue weighted by Gasteiger charge is -2.18. The van der Waals surface area contributed by atoms with Gasteiger partial charge in [-0.25, -0.2) is 4.79 Å². The molecule has 6 nitrogen and oxygen atoms in total. The SMILES string of the molecule is CCOC(=O)c1cc2cc(NC(=O)CC(NC(C)=O)c3ccc(C)cc3)ccc2s1. The van der Waals surface area contributed by atoms with Gasteiger partial charge in [0, 0.05) is 17.3 Å². The summed E-state index contributed by atoms with van der Waals surface area (Å²) in [4.78, 5) is 36.7. The first-order valence-corrected chi connectivity index (χ1v) is 10.5. The Balaban J connectivity index is 1.73. The Bertz CT molecular complexity index is 1070. The second-order valence-corrected chi connectivity index (χ2v) is 8.08. The van der Waals surface area contributed by atoms with Gasteiger partial charge < -0.3 is 15.4 Å². The van der Waals surface area contributed by atoms with E-state index in [4.69, 9.17) is 4.74 Å². The maximum atomic E-state index is 12.6. The zero-order chi connectivity index (χ0) is 21.7. The molecular formula is C23H24N2O4S. The largest absolute Gasteiger partial charge is 0.462 e. The van der Waals surface area contributed by atoms with Gasteiger partial charge in [-0.3, -0.25) is 9.59 Å². The van der Waals surface area contributed by atoms with Gasteiger partial charge in [0.2, 0.25) is 11.8 Å². The Morgan fingerprint density at radius 3 is 2.47 bits per heavy atom. The molecule has 3 rings (SSSR count). The lowest BCUT2D eigenvalue weighted by molar-refractivity contribution is -0.120. The van der Waals surface area contributed by atoms with E-state index in [2.05, 4.69) is 10.6 Å². The zero-order valence-corrected chi connectivity index (χ0v) is 18.0. The van der Waals surface area contributed by atoms with Crippen LogP contribution in [0.25, 0.3) is 10.1 Å². The molecule has 0 spiro atoms. The summed E-state index contributed by atoms with van der Waals surface area (Å²) in [6.07, 6.45) is 0.110. The highest BCUT2D eigenvalue weighted by Gasteiger charge is 2.18. The molecule has 3 aromatic rings. The number of carbonyl (C=O) groups is 3. The number of rotatable bonds is 7. The van der Waals surface area contributed by atoms with Crippen LogP contribution in [0.3, 0.4) is 0 Å². The second kappa shape index (κ2) is 9.54. The van der Waals surface area contributed by atoms with Crippen molar-refractivity contribution in [2.75, 3.05) is 11.9 Å². The minimum atomic E-state index is -0.414. The molecule has 1 aromatic heterocycles. The quantitative estimate of drug-likeness (QED) is 0.543. The summed E-state index contributed by atoms with van der Waals surface area (Å²) in [6, 6.07) is 14.6. The second-order valence-electron chi connectivity index (χ2n) is 7.00. The number of thiophene rings is 1. The Kier molecular flexibility index (Phi) is 6.84. The Morgan fingerprint density at radius 1 is 1.07 bits per heavy atom. The maximum Gasteiger partial charge on any atom is 0.348 e. The van der Waals surface area contributed by atoms with E-state index < -0.39 is 6.04 Å². The van der Waals surface area contributed by atoms with Crippen molar-refractivity contribution in [1.29, 1.82) is 0 Å². The van der Waals surface area contributed by atoms with E-state index in [-0.39, 0.29) is 24.2 Å². The van der Waals surface area contributed by atoms with Crippen molar-refractivity contribution >= 4 is 44.9 Å². The molecule has 0 fully saturated rings. The van der Waals surface area contributed by atoms with Gasteiger partial charge in [-0.2, -0.15) is 0 Å². The fourth-order valence-corrected chi connectivity index (χ4v) is 4.05. The van der Waals surface area contributed by atoms with Crippen molar-refractivity contribution in [3.63, 3.8) is 0 Å². The van der Waals surface area contributed by atoms with Gasteiger partial charge in [0.25, 0.3) is 0 Å². The highest BCUT2D eigenvalue weighted by atomic mass is 32.1. The van der Waals surface area contributed by atoms with Crippen LogP contribution in [0.4, 0.5) is 5.69 Å². The molecule has 0 aliphatic rings. The highest BCUT2D eigenvalue weighted by molar-refractivity contribution is 7.20. The Morgan fingerprint density at radius 2 is 1.80 bits per heavy atom. The minimum Gasteiger partial charge on any atom is -0.462 e. The normalized spacial score (nSPS) is 11.7. The summed E-state index contributed by atoms with van der Waals surface area (Å²) < 4.78 is 5.98. The summed E-state index contributed by atoms with van der Waals surface area (Å²) in [5, 5.41) is 6.58. The van der Waals surface area contributed by atoms with Crippen molar-refractivity contribution in [2.45, 2.75) is 33.2 Å². The molecule has 2 amide bonds. The lowest BCUT2D eigenvalue weighted by Crippen LogP contribution is -2.29. The number of anilines is 1. The molecule has 30 heavy (non-hydrogen) atoms. The molecule has 7 heteroatoms. The number of fused-ring (bicyclic) bond motifs is 1. The van der Waals surface area contributed by atoms with E-state index in [0.29, 0.717) is 17.2 Å². The van der Waals surface area contributed by atoms with E-state index in [0.717, 1.165) is 21.2 Å². The van der Waals surface area contributed by atoms with Crippen molar-refractivity contribution in [3.05, 3.63) is 64.5 Å². The summed E-state index contributed by atoms with van der Waals surface area (Å²) in [5.41, 5.74) is 2.61. The lowest BCUT2D eigenvalue weighted by atomic mass is 10.0. The molecule has 0 saturated carbocycles. The third kappa shape index (κ3) is 5.45. The van der Waals surface area contributed by atoms with Gasteiger partial charge in [-0.1, -0.05) is 29.8 Å². The standard InChI is InChI=1S/C23H24N2O4S/c1-4-29-23(28)21-12-17-11-18(9-10-20(17)30-21)25-22(27)13-19(24-15(3)26)16-7-5-14(2)6-8-16/h5-12,19H,4,13H2,1-3H3,(H,24,26)(H,25,27). The van der Waals surface area contributed by atoms with Gasteiger partial charge in [0.15, 0.2) is 0 Å². The predicted octanol–water partition coefficient (Wildman–Crippen LogP) is 4.59. The van der Waals surface area contributed by atoms with E-state index in [1.54, 1.807) is 19.1 Å². The van der Waals surface area contributed by atoms with E-state index in [1.807, 2.05) is 43.3 Å². The predicted molar refractivity (Wildman–Crippen MR) is 119 cm³/mol. The number of hydrogen-bond acceptors (Lipinski definition) is 5. The minimum absolute atomic E-state index is 0.110. The van der Waals surface area contributed by atoms with Crippen LogP contribution < -0.4 is 10.6 Å². The van der Waals surface area contributed by atoms with Crippen LogP contribution in [-0.2, 0) is 14.3 Å². The summed E-state index contributed by atoms with van der Waals surface area (Å²) in [6.45, 7) is 5.51. The monoisotopic (exact) mass is 424 g/mol. The third-order valence-corrected chi connectivity index (χ3v) is 5.62. The number of aryl methyl sites for hydroxylation is 1. The number of ether oxygens (including phenoxy) is 1. The zero-order valence-electron chi connectivity index (χ0n) is 17.2. The van der Waals surface area contributed by atoms with Crippen LogP contribution >= 0.6 is 11.3 Å². The summed E-state index contributed by atoms with van der Waals surface area (Å²) in [7, 11) is 0. The van der Waals surface area contributed by atoms with Gasteiger partial charge in [0.05, 0.1) is 19.1 Å². The average molecular weight is 425 g/mol. The summed E-state index contributed by atoms with van der Waals surface area (Å²) in [5.74, 6) is -0.755. The molecule has 1 atom stereocenters. The van der Waals surface area contributed by atoms with E-state index in [1.165, 1.54) is 18.3 Å². The molecule has 0 aliphatic carbocycles. The fraction of sp³-hybridized carbons (Fsp3) is 0.261. The van der Waals surface area contributed by atoms with E-state index in [9.17, 15) is 14.4 Å². The van der Waals surface area contributed by atoms with E-state index >= 15 is 0 Å². The van der Waals surface area contributed by atoms with Crippen LogP contribution in [0, 0.1) is 6.92 Å². The number of amides is 2. The highest BCUT2D eigenvalue weighted by Crippen LogP contribution is 2.29. The topological polar surface area (TPSA) is 84.5 Å². The van der Waals surface area contributed by atoms with Crippen LogP contribution in [0.1, 0.15) is 47.1 Å². The first-order chi connectivity index (χ1) is 14.4. The van der Waals surface area contributed by atoms with Crippen LogP contribution in [0.15, 0.2) is 48.5 Å². The maximum absolute atomic E-state index is 12.6. The Hall–Kier alpha value is -3.19. The van der Waals surface area contributed by atoms with Crippen molar-refractivity contribution in [2.24, 2.45) is 0 Å². The first-order valence-electron chi connectivity index (χ1n) is 9.70. The van der Waals surface area contributed by atoms with Gasteiger partial charge in [-0.15, -0.1) is 11.3 Å². The van der Waals surface area contributed by atoms with Crippen LogP contribution in [-0.4, -0.2) is 24.4 Å². The molecule has 156 valence electrons. The summed E-state index contributed by atoms with van der Waals surface area (Å²) >= 11 is 1.35. The van der Waals surface area contributed by atoms with Crippen LogP contribution in [0.5, 0.6) is 0 Å². The van der Waals surface area contributed by atoms with Gasteiger partial charge in [-0.05, 0) is 49.1 Å². The van der Waals surface area contributed by atoms with Gasteiger partial charge >= 0.3 is 5.97 Å². The Labute approximate surface area is 179 Å². The van der Waals surface area contributed by atoms with Gasteiger partial charge in [0.1, 0.15) is 4.88 Å².